The molecule has 122 valence electrons. The molecule has 0 bridgehead atoms. The van der Waals surface area contributed by atoms with E-state index in [1.165, 1.54) is 0 Å². The van der Waals surface area contributed by atoms with E-state index in [0.717, 1.165) is 57.3 Å². The maximum Gasteiger partial charge on any atom is 0.224 e. The topological polar surface area (TPSA) is 70.6 Å². The van der Waals surface area contributed by atoms with E-state index in [9.17, 15) is 4.79 Å². The van der Waals surface area contributed by atoms with Gasteiger partial charge in [0.25, 0.3) is 0 Å². The molecule has 7 heteroatoms. The molecule has 0 atom stereocenters. The average molecular weight is 307 g/mol. The summed E-state index contributed by atoms with van der Waals surface area (Å²) in [5.41, 5.74) is 0.938. The molecule has 1 aliphatic heterocycles. The molecular weight excluding hydrogens is 282 g/mol. The number of nitrogens with zero attached hydrogens (tertiary/aromatic N) is 4. The van der Waals surface area contributed by atoms with Gasteiger partial charge in [-0.3, -0.25) is 4.79 Å². The Morgan fingerprint density at radius 1 is 1.32 bits per heavy atom. The number of carbonyl (C=O) groups is 1. The van der Waals surface area contributed by atoms with E-state index in [1.807, 2.05) is 17.9 Å². The Kier molecular flexibility index (Phi) is 5.94. The van der Waals surface area contributed by atoms with Crippen molar-refractivity contribution in [3.63, 3.8) is 0 Å². The number of aryl methyl sites for hydroxylation is 1. The summed E-state index contributed by atoms with van der Waals surface area (Å²) in [5, 5.41) is 3.23. The first-order valence-electron chi connectivity index (χ1n) is 7.69. The third kappa shape index (κ3) is 4.56. The van der Waals surface area contributed by atoms with Gasteiger partial charge >= 0.3 is 0 Å². The molecule has 2 heterocycles. The number of methoxy groups -OCH3 is 1. The largest absolute Gasteiger partial charge is 0.385 e. The highest BCUT2D eigenvalue weighted by Gasteiger charge is 2.20. The van der Waals surface area contributed by atoms with Crippen LogP contribution >= 0.6 is 0 Å². The lowest BCUT2D eigenvalue weighted by atomic mass is 10.3. The van der Waals surface area contributed by atoms with E-state index >= 15 is 0 Å². The number of rotatable bonds is 6. The molecular formula is C15H25N5O2. The minimum absolute atomic E-state index is 0.138. The van der Waals surface area contributed by atoms with Crippen molar-refractivity contribution in [2.45, 2.75) is 20.3 Å². The van der Waals surface area contributed by atoms with Crippen LogP contribution in [-0.2, 0) is 9.53 Å². The Morgan fingerprint density at radius 3 is 2.68 bits per heavy atom. The summed E-state index contributed by atoms with van der Waals surface area (Å²) in [7, 11) is 1.70. The van der Waals surface area contributed by atoms with Gasteiger partial charge < -0.3 is 19.9 Å². The first-order chi connectivity index (χ1) is 10.6. The minimum atomic E-state index is 0.138. The number of hydrogen-bond acceptors (Lipinski definition) is 6. The van der Waals surface area contributed by atoms with Crippen LogP contribution < -0.4 is 10.2 Å². The first-order valence-corrected chi connectivity index (χ1v) is 7.69. The number of nitrogens with one attached hydrogen (secondary N) is 1. The highest BCUT2D eigenvalue weighted by atomic mass is 16.5. The van der Waals surface area contributed by atoms with E-state index in [4.69, 9.17) is 4.74 Å². The van der Waals surface area contributed by atoms with Crippen LogP contribution in [-0.4, -0.2) is 67.2 Å². The molecule has 0 spiro atoms. The molecule has 0 aliphatic carbocycles. The number of anilines is 2. The van der Waals surface area contributed by atoms with Crippen LogP contribution in [0.5, 0.6) is 0 Å². The maximum absolute atomic E-state index is 11.4. The Labute approximate surface area is 131 Å². The normalized spacial score (nSPS) is 15.0. The second-order valence-corrected chi connectivity index (χ2v) is 5.46. The summed E-state index contributed by atoms with van der Waals surface area (Å²) in [6, 6.07) is 1.99. The third-order valence-corrected chi connectivity index (χ3v) is 3.70. The highest BCUT2D eigenvalue weighted by Crippen LogP contribution is 2.17. The molecule has 1 aromatic rings. The summed E-state index contributed by atoms with van der Waals surface area (Å²) < 4.78 is 5.03. The standard InChI is InChI=1S/C15H25N5O2/c1-12-11-14(18-15(17-12)16-5-4-10-22-3)20-8-6-19(7-9-20)13(2)21/h11H,4-10H2,1-3H3,(H,16,17,18). The molecule has 1 N–H and O–H groups in total. The van der Waals surface area contributed by atoms with E-state index < -0.39 is 0 Å². The lowest BCUT2D eigenvalue weighted by molar-refractivity contribution is -0.129. The number of ether oxygens (including phenoxy) is 1. The van der Waals surface area contributed by atoms with Crippen molar-refractivity contribution >= 4 is 17.7 Å². The predicted molar refractivity (Wildman–Crippen MR) is 86.2 cm³/mol. The molecule has 0 unspecified atom stereocenters. The number of hydrogen-bond donors (Lipinski definition) is 1. The van der Waals surface area contributed by atoms with Gasteiger partial charge in [0, 0.05) is 65.1 Å². The molecule has 0 aromatic carbocycles. The van der Waals surface area contributed by atoms with Crippen molar-refractivity contribution in [3.8, 4) is 0 Å². The van der Waals surface area contributed by atoms with Crippen LogP contribution in [0.3, 0.4) is 0 Å². The zero-order valence-corrected chi connectivity index (χ0v) is 13.6. The van der Waals surface area contributed by atoms with Gasteiger partial charge in [0.1, 0.15) is 5.82 Å². The highest BCUT2D eigenvalue weighted by molar-refractivity contribution is 5.73. The van der Waals surface area contributed by atoms with Crippen molar-refractivity contribution in [1.29, 1.82) is 0 Å². The SMILES string of the molecule is COCCCNc1nc(C)cc(N2CCN(C(C)=O)CC2)n1. The van der Waals surface area contributed by atoms with Crippen LogP contribution in [0.25, 0.3) is 0 Å². The second-order valence-electron chi connectivity index (χ2n) is 5.46. The Morgan fingerprint density at radius 2 is 2.05 bits per heavy atom. The van der Waals surface area contributed by atoms with E-state index in [1.54, 1.807) is 14.0 Å². The minimum Gasteiger partial charge on any atom is -0.385 e. The fourth-order valence-electron chi connectivity index (χ4n) is 2.46. The maximum atomic E-state index is 11.4. The van der Waals surface area contributed by atoms with E-state index in [0.29, 0.717) is 5.95 Å². The summed E-state index contributed by atoms with van der Waals surface area (Å²) in [6.45, 7) is 8.19. The number of carbonyl (C=O) groups excluding carboxylic acids is 1. The third-order valence-electron chi connectivity index (χ3n) is 3.70. The molecule has 0 saturated carbocycles. The van der Waals surface area contributed by atoms with Crippen LogP contribution in [0.4, 0.5) is 11.8 Å². The van der Waals surface area contributed by atoms with Gasteiger partial charge in [-0.2, -0.15) is 4.98 Å². The van der Waals surface area contributed by atoms with Crippen molar-refractivity contribution in [2.24, 2.45) is 0 Å². The predicted octanol–water partition coefficient (Wildman–Crippen LogP) is 0.902. The zero-order chi connectivity index (χ0) is 15.9. The van der Waals surface area contributed by atoms with E-state index in [2.05, 4.69) is 20.2 Å². The van der Waals surface area contributed by atoms with Crippen LogP contribution in [0.2, 0.25) is 0 Å². The lowest BCUT2D eigenvalue weighted by Crippen LogP contribution is -2.48. The molecule has 1 aromatic heterocycles. The fraction of sp³-hybridized carbons (Fsp3) is 0.667. The van der Waals surface area contributed by atoms with Crippen LogP contribution in [0.1, 0.15) is 19.0 Å². The van der Waals surface area contributed by atoms with Gasteiger partial charge in [0.2, 0.25) is 11.9 Å². The first kappa shape index (κ1) is 16.5. The molecule has 1 amide bonds. The number of amides is 1. The van der Waals surface area contributed by atoms with Gasteiger partial charge in [-0.05, 0) is 13.3 Å². The molecule has 1 fully saturated rings. The Bertz CT molecular complexity index is 501. The van der Waals surface area contributed by atoms with Gasteiger partial charge in [-0.25, -0.2) is 4.98 Å². The van der Waals surface area contributed by atoms with Crippen LogP contribution in [0, 0.1) is 6.92 Å². The van der Waals surface area contributed by atoms with Crippen molar-refractivity contribution < 1.29 is 9.53 Å². The summed E-state index contributed by atoms with van der Waals surface area (Å²) in [5.74, 6) is 1.71. The molecule has 2 rings (SSSR count). The van der Waals surface area contributed by atoms with Crippen molar-refractivity contribution in [1.82, 2.24) is 14.9 Å². The Balaban J connectivity index is 1.96. The smallest absolute Gasteiger partial charge is 0.224 e. The Hall–Kier alpha value is -1.89. The number of aromatic nitrogens is 2. The molecule has 0 radical (unpaired) electrons. The van der Waals surface area contributed by atoms with Crippen molar-refractivity contribution in [3.05, 3.63) is 11.8 Å². The average Bonchev–Trinajstić information content (AvgIpc) is 2.51. The van der Waals surface area contributed by atoms with E-state index in [-0.39, 0.29) is 5.91 Å². The second kappa shape index (κ2) is 7.93. The van der Waals surface area contributed by atoms with Crippen molar-refractivity contribution in [2.75, 3.05) is 56.7 Å². The lowest BCUT2D eigenvalue weighted by Gasteiger charge is -2.35. The summed E-state index contributed by atoms with van der Waals surface area (Å²) >= 11 is 0. The summed E-state index contributed by atoms with van der Waals surface area (Å²) in [6.07, 6.45) is 0.917. The number of piperazine rings is 1. The monoisotopic (exact) mass is 307 g/mol. The molecule has 7 nitrogen and oxygen atoms in total. The summed E-state index contributed by atoms with van der Waals surface area (Å²) in [4.78, 5) is 24.5. The fourth-order valence-corrected chi connectivity index (χ4v) is 2.46. The molecule has 1 aliphatic rings. The molecule has 1 saturated heterocycles. The van der Waals surface area contributed by atoms with Gasteiger partial charge in [0.15, 0.2) is 0 Å². The van der Waals surface area contributed by atoms with Gasteiger partial charge in [-0.1, -0.05) is 0 Å². The van der Waals surface area contributed by atoms with Gasteiger partial charge in [0.05, 0.1) is 0 Å². The molecule has 22 heavy (non-hydrogen) atoms. The van der Waals surface area contributed by atoms with Crippen LogP contribution in [0.15, 0.2) is 6.07 Å². The van der Waals surface area contributed by atoms with Gasteiger partial charge in [-0.15, -0.1) is 0 Å². The zero-order valence-electron chi connectivity index (χ0n) is 13.6. The quantitative estimate of drug-likeness (QED) is 0.788.